The zero-order valence-corrected chi connectivity index (χ0v) is 39.8. The Kier molecular flexibility index (Phi) is 25.5. The lowest BCUT2D eigenvalue weighted by molar-refractivity contribution is -0.345. The minimum absolute atomic E-state index is 1.03. The summed E-state index contributed by atoms with van der Waals surface area (Å²) in [6, 6.07) is 10.2. The van der Waals surface area contributed by atoms with Gasteiger partial charge in [-0.25, -0.2) is 4.70 Å². The van der Waals surface area contributed by atoms with Crippen LogP contribution in [0.4, 0.5) is 0 Å². The van der Waals surface area contributed by atoms with Crippen LogP contribution < -0.4 is 0 Å². The first-order valence-corrected chi connectivity index (χ1v) is 25.7. The third-order valence-corrected chi connectivity index (χ3v) is 13.1. The van der Waals surface area contributed by atoms with Crippen molar-refractivity contribution in [2.24, 2.45) is 0 Å². The standard InChI is InChI=1S/C56H92N2/c1-9-17-25-31-39-51-45(33-27-19-11-3)41-49(42-46(51)34-28-20-12-4)55-53(37-23-15-7)54(38-24-16-8)56(58(55)57)50-43-47(35-29-21-13-5)52(40-32-26-18-10-2)48(44-50)36-30-22-14-6/h41-44H,9-40H2,1-8H3. The molecule has 0 fully saturated rings. The smallest absolute Gasteiger partial charge is 0.211 e. The maximum absolute atomic E-state index is 13.0. The van der Waals surface area contributed by atoms with Gasteiger partial charge < -0.3 is 5.53 Å². The summed E-state index contributed by atoms with van der Waals surface area (Å²) in [6.07, 6.45) is 39.3. The molecule has 2 aromatic carbocycles. The van der Waals surface area contributed by atoms with Gasteiger partial charge in [0, 0.05) is 22.3 Å². The number of unbranched alkanes of at least 4 members (excludes halogenated alkanes) is 16. The summed E-state index contributed by atoms with van der Waals surface area (Å²) in [5.74, 6) is 0. The molecule has 2 aromatic rings. The molecular weight excluding hydrogens is 701 g/mol. The lowest BCUT2D eigenvalue weighted by Crippen LogP contribution is -2.09. The topological polar surface area (TPSA) is 25.3 Å². The van der Waals surface area contributed by atoms with Crippen LogP contribution in [0, 0.1) is 0 Å². The van der Waals surface area contributed by atoms with Gasteiger partial charge in [-0.15, -0.1) is 0 Å². The van der Waals surface area contributed by atoms with Gasteiger partial charge in [-0.3, -0.25) is 0 Å². The monoisotopic (exact) mass is 793 g/mol. The molecule has 2 heteroatoms. The van der Waals surface area contributed by atoms with Crippen LogP contribution in [0.25, 0.3) is 16.9 Å². The van der Waals surface area contributed by atoms with Gasteiger partial charge in [-0.05, 0) is 160 Å². The van der Waals surface area contributed by atoms with E-state index in [0.717, 1.165) is 75.6 Å². The van der Waals surface area contributed by atoms with E-state index in [1.165, 1.54) is 164 Å². The zero-order valence-electron chi connectivity index (χ0n) is 39.8. The molecule has 3 rings (SSSR count). The lowest BCUT2D eigenvalue weighted by Gasteiger charge is -2.20. The number of hydrogen-bond acceptors (Lipinski definition) is 0. The van der Waals surface area contributed by atoms with E-state index in [0.29, 0.717) is 0 Å². The Hall–Kier alpha value is -2.48. The molecule has 0 unspecified atom stereocenters. The molecule has 1 aliphatic rings. The van der Waals surface area contributed by atoms with Gasteiger partial charge in [0.15, 0.2) is 0 Å². The molecule has 2 nitrogen and oxygen atoms in total. The van der Waals surface area contributed by atoms with Gasteiger partial charge in [-0.2, -0.15) is 0 Å². The van der Waals surface area contributed by atoms with Crippen LogP contribution in [-0.4, -0.2) is 4.70 Å². The van der Waals surface area contributed by atoms with E-state index in [-0.39, 0.29) is 0 Å². The predicted octanol–water partition coefficient (Wildman–Crippen LogP) is 18.4. The van der Waals surface area contributed by atoms with Crippen molar-refractivity contribution in [3.05, 3.63) is 85.5 Å². The van der Waals surface area contributed by atoms with E-state index in [1.54, 1.807) is 38.1 Å². The zero-order chi connectivity index (χ0) is 42.0. The van der Waals surface area contributed by atoms with Crippen molar-refractivity contribution >= 4 is 11.4 Å². The van der Waals surface area contributed by atoms with Crippen molar-refractivity contribution in [3.63, 3.8) is 0 Å². The molecule has 0 aromatic heterocycles. The Morgan fingerprint density at radius 1 is 0.310 bits per heavy atom. The minimum atomic E-state index is 1.03. The number of allylic oxidation sites excluding steroid dienone is 2. The van der Waals surface area contributed by atoms with Gasteiger partial charge in [0.05, 0.1) is 0 Å². The van der Waals surface area contributed by atoms with Crippen molar-refractivity contribution in [3.8, 4) is 0 Å². The number of aryl methyl sites for hydroxylation is 4. The Morgan fingerprint density at radius 3 is 0.845 bits per heavy atom. The molecule has 0 spiro atoms. The summed E-state index contributed by atoms with van der Waals surface area (Å²) in [5.41, 5.74) is 30.1. The second kappa shape index (κ2) is 29.7. The first-order valence-electron chi connectivity index (χ1n) is 25.7. The number of nitrogens with zero attached hydrogens (tertiary/aromatic N) is 2. The van der Waals surface area contributed by atoms with Crippen molar-refractivity contribution in [1.29, 1.82) is 0 Å². The van der Waals surface area contributed by atoms with Gasteiger partial charge >= 0.3 is 0 Å². The molecule has 0 saturated heterocycles. The third kappa shape index (κ3) is 15.5. The summed E-state index contributed by atoms with van der Waals surface area (Å²) < 4.78 is 1.74. The number of benzene rings is 2. The van der Waals surface area contributed by atoms with E-state index in [1.807, 2.05) is 0 Å². The maximum Gasteiger partial charge on any atom is 0.211 e. The maximum atomic E-state index is 13.0. The largest absolute Gasteiger partial charge is 0.493 e. The molecule has 58 heavy (non-hydrogen) atoms. The van der Waals surface area contributed by atoms with Crippen molar-refractivity contribution in [2.45, 2.75) is 261 Å². The highest BCUT2D eigenvalue weighted by Crippen LogP contribution is 2.46. The van der Waals surface area contributed by atoms with Crippen LogP contribution in [0.3, 0.4) is 0 Å². The third-order valence-electron chi connectivity index (χ3n) is 13.1. The van der Waals surface area contributed by atoms with Gasteiger partial charge in [0.1, 0.15) is 0 Å². The molecule has 0 saturated carbocycles. The molecule has 0 N–H and O–H groups in total. The molecular formula is C56H92N2. The van der Waals surface area contributed by atoms with Crippen molar-refractivity contribution in [1.82, 2.24) is 0 Å². The van der Waals surface area contributed by atoms with E-state index < -0.39 is 0 Å². The van der Waals surface area contributed by atoms with E-state index in [9.17, 15) is 5.53 Å². The van der Waals surface area contributed by atoms with E-state index in [2.05, 4.69) is 79.7 Å². The predicted molar refractivity (Wildman–Crippen MR) is 258 cm³/mol. The van der Waals surface area contributed by atoms with E-state index >= 15 is 0 Å². The quantitative estimate of drug-likeness (QED) is 0.0498. The van der Waals surface area contributed by atoms with E-state index in [4.69, 9.17) is 0 Å². The van der Waals surface area contributed by atoms with Gasteiger partial charge in [0.2, 0.25) is 11.4 Å². The SMILES string of the molecule is CCCCCCc1c(CCCCC)cc(C2=C(CCCC)C(CCCC)=C(c3cc(CCCCC)c(CCCCCC)c(CCCCC)c3)[N+]2=[N-])cc1CCCCC. The molecule has 0 radical (unpaired) electrons. The second-order valence-electron chi connectivity index (χ2n) is 18.2. The fourth-order valence-electron chi connectivity index (χ4n) is 9.61. The highest BCUT2D eigenvalue weighted by molar-refractivity contribution is 5.83. The Morgan fingerprint density at radius 2 is 0.569 bits per heavy atom. The average molecular weight is 793 g/mol. The Balaban J connectivity index is 2.32. The fourth-order valence-corrected chi connectivity index (χ4v) is 9.61. The summed E-state index contributed by atoms with van der Waals surface area (Å²) in [5, 5.41) is 0. The van der Waals surface area contributed by atoms with Crippen LogP contribution >= 0.6 is 0 Å². The van der Waals surface area contributed by atoms with Crippen molar-refractivity contribution in [2.75, 3.05) is 0 Å². The van der Waals surface area contributed by atoms with Crippen LogP contribution in [0.15, 0.2) is 35.4 Å². The van der Waals surface area contributed by atoms with Gasteiger partial charge in [0.25, 0.3) is 0 Å². The molecule has 1 aliphatic heterocycles. The highest BCUT2D eigenvalue weighted by Gasteiger charge is 2.36. The summed E-state index contributed by atoms with van der Waals surface area (Å²) >= 11 is 0. The number of rotatable bonds is 34. The molecule has 0 bridgehead atoms. The van der Waals surface area contributed by atoms with Crippen molar-refractivity contribution < 1.29 is 4.70 Å². The normalized spacial score (nSPS) is 13.2. The highest BCUT2D eigenvalue weighted by atomic mass is 15.2. The molecule has 0 atom stereocenters. The Labute approximate surface area is 361 Å². The minimum Gasteiger partial charge on any atom is -0.493 e. The second-order valence-corrected chi connectivity index (χ2v) is 18.2. The average Bonchev–Trinajstić information content (AvgIpc) is 3.50. The lowest BCUT2D eigenvalue weighted by atomic mass is 9.86. The van der Waals surface area contributed by atoms with Crippen LogP contribution in [-0.2, 0) is 38.5 Å². The summed E-state index contributed by atoms with van der Waals surface area (Å²) in [4.78, 5) is 0. The van der Waals surface area contributed by atoms with Crippen LogP contribution in [0.5, 0.6) is 0 Å². The fraction of sp³-hybridized carbons (Fsp3) is 0.714. The first kappa shape index (κ1) is 49.9. The molecule has 1 heterocycles. The molecule has 0 amide bonds. The van der Waals surface area contributed by atoms with Gasteiger partial charge in [-0.1, -0.05) is 158 Å². The van der Waals surface area contributed by atoms with Crippen LogP contribution in [0.2, 0.25) is 0 Å². The Bertz CT molecular complexity index is 1360. The molecule has 0 aliphatic carbocycles. The van der Waals surface area contributed by atoms with Crippen LogP contribution in [0.1, 0.15) is 267 Å². The number of hydrogen-bond donors (Lipinski definition) is 0. The summed E-state index contributed by atoms with van der Waals surface area (Å²) in [7, 11) is 0. The summed E-state index contributed by atoms with van der Waals surface area (Å²) in [6.45, 7) is 18.6. The molecule has 326 valence electrons. The first-order chi connectivity index (χ1) is 28.4.